The van der Waals surface area contributed by atoms with Crippen molar-refractivity contribution in [2.75, 3.05) is 13.2 Å². The molecule has 0 aromatic heterocycles. The van der Waals surface area contributed by atoms with Crippen LogP contribution >= 0.6 is 0 Å². The number of hydrogen-bond acceptors (Lipinski definition) is 4. The van der Waals surface area contributed by atoms with E-state index in [1.165, 1.54) is 0 Å². The van der Waals surface area contributed by atoms with Crippen LogP contribution in [-0.2, 0) is 9.68 Å². The van der Waals surface area contributed by atoms with Gasteiger partial charge in [-0.15, -0.1) is 0 Å². The first kappa shape index (κ1) is 17.8. The molecule has 0 bridgehead atoms. The van der Waals surface area contributed by atoms with Gasteiger partial charge in [0, 0.05) is 6.54 Å². The predicted octanol–water partition coefficient (Wildman–Crippen LogP) is 3.21. The van der Waals surface area contributed by atoms with Crippen molar-refractivity contribution in [1.29, 1.82) is 0 Å². The molecular formula is C14H31N2O2. The molecule has 0 aromatic rings. The molecule has 0 fully saturated rings. The highest BCUT2D eigenvalue weighted by Gasteiger charge is 2.09. The van der Waals surface area contributed by atoms with Crippen molar-refractivity contribution >= 4 is 0 Å². The monoisotopic (exact) mass is 259 g/mol. The van der Waals surface area contributed by atoms with Crippen molar-refractivity contribution in [1.82, 2.24) is 11.0 Å². The quantitative estimate of drug-likeness (QED) is 0.528. The second-order valence-electron chi connectivity index (χ2n) is 4.92. The summed E-state index contributed by atoms with van der Waals surface area (Å²) in [5.74, 6) is 0.587. The van der Waals surface area contributed by atoms with E-state index in [-0.39, 0.29) is 6.10 Å². The summed E-state index contributed by atoms with van der Waals surface area (Å²) in [5.41, 5.74) is 6.01. The zero-order valence-electron chi connectivity index (χ0n) is 12.7. The van der Waals surface area contributed by atoms with Crippen molar-refractivity contribution < 1.29 is 9.68 Å². The van der Waals surface area contributed by atoms with Gasteiger partial charge >= 0.3 is 0 Å². The summed E-state index contributed by atoms with van der Waals surface area (Å²) in [7, 11) is 0. The maximum absolute atomic E-state index is 5.50. The lowest BCUT2D eigenvalue weighted by molar-refractivity contribution is -0.0300. The second kappa shape index (κ2) is 11.9. The maximum Gasteiger partial charge on any atom is 0.0793 e. The van der Waals surface area contributed by atoms with Gasteiger partial charge in [-0.2, -0.15) is 5.48 Å². The SMILES string of the molecule is CCCC(C)ONC[C](CC)NOCC(C)CC. The fourth-order valence-corrected chi connectivity index (χ4v) is 1.37. The van der Waals surface area contributed by atoms with Gasteiger partial charge in [-0.1, -0.05) is 40.5 Å². The molecule has 0 spiro atoms. The maximum atomic E-state index is 5.50. The van der Waals surface area contributed by atoms with Crippen molar-refractivity contribution in [2.45, 2.75) is 66.4 Å². The first-order chi connectivity index (χ1) is 8.63. The van der Waals surface area contributed by atoms with E-state index in [4.69, 9.17) is 9.68 Å². The van der Waals surface area contributed by atoms with Gasteiger partial charge in [-0.25, -0.2) is 5.48 Å². The molecule has 0 heterocycles. The van der Waals surface area contributed by atoms with Crippen LogP contribution in [0.25, 0.3) is 0 Å². The lowest BCUT2D eigenvalue weighted by Crippen LogP contribution is -2.34. The molecule has 2 atom stereocenters. The number of hydroxylamine groups is 2. The van der Waals surface area contributed by atoms with Crippen LogP contribution in [0.1, 0.15) is 60.3 Å². The topological polar surface area (TPSA) is 42.5 Å². The molecule has 4 nitrogen and oxygen atoms in total. The average molecular weight is 259 g/mol. The molecule has 0 aromatic carbocycles. The van der Waals surface area contributed by atoms with Gasteiger partial charge in [0.05, 0.1) is 18.8 Å². The first-order valence-electron chi connectivity index (χ1n) is 7.24. The van der Waals surface area contributed by atoms with E-state index in [2.05, 4.69) is 45.6 Å². The smallest absolute Gasteiger partial charge is 0.0793 e. The molecule has 4 heteroatoms. The van der Waals surface area contributed by atoms with Gasteiger partial charge in [-0.3, -0.25) is 4.84 Å². The Labute approximate surface area is 113 Å². The van der Waals surface area contributed by atoms with Gasteiger partial charge in [0.2, 0.25) is 0 Å². The molecule has 18 heavy (non-hydrogen) atoms. The van der Waals surface area contributed by atoms with Gasteiger partial charge in [0.1, 0.15) is 0 Å². The normalized spacial score (nSPS) is 15.0. The highest BCUT2D eigenvalue weighted by atomic mass is 16.7. The van der Waals surface area contributed by atoms with Crippen molar-refractivity contribution in [3.8, 4) is 0 Å². The number of hydrogen-bond donors (Lipinski definition) is 2. The Balaban J connectivity index is 3.57. The van der Waals surface area contributed by atoms with E-state index in [0.717, 1.165) is 38.3 Å². The van der Waals surface area contributed by atoms with E-state index < -0.39 is 0 Å². The van der Waals surface area contributed by atoms with E-state index in [1.807, 2.05) is 0 Å². The van der Waals surface area contributed by atoms with E-state index in [9.17, 15) is 0 Å². The molecule has 0 saturated heterocycles. The number of nitrogens with one attached hydrogen (secondary N) is 2. The number of rotatable bonds is 12. The summed E-state index contributed by atoms with van der Waals surface area (Å²) >= 11 is 0. The van der Waals surface area contributed by atoms with E-state index >= 15 is 0 Å². The zero-order valence-corrected chi connectivity index (χ0v) is 12.7. The van der Waals surface area contributed by atoms with E-state index in [1.54, 1.807) is 0 Å². The van der Waals surface area contributed by atoms with Gasteiger partial charge in [0.15, 0.2) is 0 Å². The Morgan fingerprint density at radius 1 is 1.17 bits per heavy atom. The van der Waals surface area contributed by atoms with Crippen LogP contribution in [0.15, 0.2) is 0 Å². The third kappa shape index (κ3) is 9.83. The van der Waals surface area contributed by atoms with Crippen LogP contribution < -0.4 is 11.0 Å². The molecule has 0 aliphatic carbocycles. The van der Waals surface area contributed by atoms with Crippen LogP contribution in [-0.4, -0.2) is 19.3 Å². The molecule has 0 rings (SSSR count). The lowest BCUT2D eigenvalue weighted by Gasteiger charge is -2.19. The van der Waals surface area contributed by atoms with Crippen LogP contribution in [0.5, 0.6) is 0 Å². The lowest BCUT2D eigenvalue weighted by atomic mass is 10.1. The van der Waals surface area contributed by atoms with Gasteiger partial charge in [0.25, 0.3) is 0 Å². The zero-order chi connectivity index (χ0) is 13.8. The Morgan fingerprint density at radius 3 is 2.44 bits per heavy atom. The van der Waals surface area contributed by atoms with Gasteiger partial charge in [-0.05, 0) is 25.7 Å². The van der Waals surface area contributed by atoms with Crippen LogP contribution in [0, 0.1) is 12.0 Å². The summed E-state index contributed by atoms with van der Waals surface area (Å²) in [6.07, 6.45) is 4.54. The minimum Gasteiger partial charge on any atom is -0.301 e. The summed E-state index contributed by atoms with van der Waals surface area (Å²) in [4.78, 5) is 11.0. The molecule has 0 amide bonds. The largest absolute Gasteiger partial charge is 0.301 e. The summed E-state index contributed by atoms with van der Waals surface area (Å²) in [6.45, 7) is 12.1. The molecule has 1 radical (unpaired) electrons. The predicted molar refractivity (Wildman–Crippen MR) is 75.5 cm³/mol. The van der Waals surface area contributed by atoms with Crippen molar-refractivity contribution in [3.05, 3.63) is 6.04 Å². The Morgan fingerprint density at radius 2 is 1.89 bits per heavy atom. The fourth-order valence-electron chi connectivity index (χ4n) is 1.37. The first-order valence-corrected chi connectivity index (χ1v) is 7.24. The molecular weight excluding hydrogens is 228 g/mol. The molecule has 109 valence electrons. The third-order valence-electron chi connectivity index (χ3n) is 2.97. The molecule has 0 aliphatic heterocycles. The second-order valence-corrected chi connectivity index (χ2v) is 4.92. The fraction of sp³-hybridized carbons (Fsp3) is 0.929. The van der Waals surface area contributed by atoms with Crippen molar-refractivity contribution in [2.24, 2.45) is 5.92 Å². The Hall–Kier alpha value is -0.160. The minimum atomic E-state index is 0.258. The Bertz CT molecular complexity index is 179. The highest BCUT2D eigenvalue weighted by Crippen LogP contribution is 2.04. The van der Waals surface area contributed by atoms with E-state index in [0.29, 0.717) is 12.5 Å². The molecule has 0 saturated carbocycles. The van der Waals surface area contributed by atoms with Crippen LogP contribution in [0.3, 0.4) is 0 Å². The average Bonchev–Trinajstić information content (AvgIpc) is 2.36. The van der Waals surface area contributed by atoms with Crippen LogP contribution in [0.2, 0.25) is 0 Å². The Kier molecular flexibility index (Phi) is 11.8. The van der Waals surface area contributed by atoms with Crippen molar-refractivity contribution in [3.63, 3.8) is 0 Å². The third-order valence-corrected chi connectivity index (χ3v) is 2.97. The summed E-state index contributed by atoms with van der Waals surface area (Å²) in [6, 6.07) is 1.11. The summed E-state index contributed by atoms with van der Waals surface area (Å²) in [5, 5.41) is 0. The van der Waals surface area contributed by atoms with Crippen LogP contribution in [0.4, 0.5) is 0 Å². The standard InChI is InChI=1S/C14H31N2O2/c1-6-9-13(5)18-15-10-14(8-3)16-17-11-12(4)7-2/h12-13,15-16H,6-11H2,1-5H3. The molecule has 0 aliphatic rings. The highest BCUT2D eigenvalue weighted by molar-refractivity contribution is 4.82. The molecule has 2 N–H and O–H groups in total. The summed E-state index contributed by atoms with van der Waals surface area (Å²) < 4.78 is 0. The minimum absolute atomic E-state index is 0.258. The molecule has 2 unspecified atom stereocenters. The van der Waals surface area contributed by atoms with Gasteiger partial charge < -0.3 is 4.84 Å².